The number of rotatable bonds is 2. The maximum atomic E-state index is 12.2. The van der Waals surface area contributed by atoms with E-state index in [1.165, 1.54) is 7.11 Å². The number of benzene rings is 1. The van der Waals surface area contributed by atoms with Crippen LogP contribution in [0.2, 0.25) is 0 Å². The first-order valence-corrected chi connectivity index (χ1v) is 5.05. The van der Waals surface area contributed by atoms with Crippen LogP contribution in [0.1, 0.15) is 20.7 Å². The highest BCUT2D eigenvalue weighted by molar-refractivity contribution is 6.27. The Morgan fingerprint density at radius 2 is 1.94 bits per heavy atom. The summed E-state index contributed by atoms with van der Waals surface area (Å²) in [6, 6.07) is 4.80. The van der Waals surface area contributed by atoms with Crippen LogP contribution in [0.5, 0.6) is 0 Å². The van der Waals surface area contributed by atoms with Crippen LogP contribution in [-0.2, 0) is 4.74 Å². The van der Waals surface area contributed by atoms with Gasteiger partial charge in [-0.15, -0.1) is 0 Å². The van der Waals surface area contributed by atoms with E-state index in [4.69, 9.17) is 10.5 Å². The second kappa shape index (κ2) is 3.93. The third kappa shape index (κ3) is 1.47. The van der Waals surface area contributed by atoms with Crippen LogP contribution in [0.15, 0.2) is 29.7 Å². The number of fused-ring (bicyclic) bond motifs is 1. The molecule has 5 heteroatoms. The van der Waals surface area contributed by atoms with Gasteiger partial charge in [0.15, 0.2) is 5.76 Å². The number of nitrogens with two attached hydrogens (primary N) is 1. The van der Waals surface area contributed by atoms with E-state index < -0.39 is 0 Å². The van der Waals surface area contributed by atoms with Crippen LogP contribution in [0.25, 0.3) is 0 Å². The Labute approximate surface area is 98.3 Å². The molecule has 1 aliphatic rings. The summed E-state index contributed by atoms with van der Waals surface area (Å²) in [4.78, 5) is 24.2. The highest BCUT2D eigenvalue weighted by atomic mass is 16.5. The van der Waals surface area contributed by atoms with Crippen molar-refractivity contribution in [3.05, 3.63) is 40.8 Å². The molecule has 0 unspecified atom stereocenters. The molecule has 88 valence electrons. The zero-order valence-corrected chi connectivity index (χ0v) is 9.53. The molecule has 0 amide bonds. The maximum Gasteiger partial charge on any atom is 0.230 e. The maximum absolute atomic E-state index is 12.2. The van der Waals surface area contributed by atoms with Gasteiger partial charge in [0, 0.05) is 18.3 Å². The molecule has 0 heterocycles. The van der Waals surface area contributed by atoms with E-state index in [1.54, 1.807) is 25.2 Å². The van der Waals surface area contributed by atoms with E-state index in [-0.39, 0.29) is 34.1 Å². The number of allylic oxidation sites excluding steroid dienone is 2. The summed E-state index contributed by atoms with van der Waals surface area (Å²) >= 11 is 0. The molecule has 0 aromatic heterocycles. The number of Topliss-reactive ketones (excluding diaryl/α,β-unsaturated/α-hetero) is 2. The summed E-state index contributed by atoms with van der Waals surface area (Å²) in [5, 5.41) is 2.68. The Kier molecular flexibility index (Phi) is 2.59. The van der Waals surface area contributed by atoms with Gasteiger partial charge in [0.1, 0.15) is 5.70 Å². The largest absolute Gasteiger partial charge is 0.491 e. The minimum absolute atomic E-state index is 0.0237. The summed E-state index contributed by atoms with van der Waals surface area (Å²) in [5.41, 5.74) is 6.69. The number of likely N-dealkylation sites (N-methyl/N-ethyl adjacent to an activating group) is 1. The second-order valence-corrected chi connectivity index (χ2v) is 3.59. The fourth-order valence-corrected chi connectivity index (χ4v) is 1.90. The summed E-state index contributed by atoms with van der Waals surface area (Å²) in [6.07, 6.45) is 0. The van der Waals surface area contributed by atoms with Crippen LogP contribution in [0.3, 0.4) is 0 Å². The number of nitrogen functional groups attached to an aromatic ring is 1. The normalized spacial score (nSPS) is 14.7. The number of hydrogen-bond acceptors (Lipinski definition) is 5. The Morgan fingerprint density at radius 3 is 2.53 bits per heavy atom. The minimum atomic E-state index is -0.334. The van der Waals surface area contributed by atoms with Crippen molar-refractivity contribution in [1.29, 1.82) is 0 Å². The number of carbonyl (C=O) groups is 2. The van der Waals surface area contributed by atoms with Crippen molar-refractivity contribution < 1.29 is 14.3 Å². The number of ketones is 2. The van der Waals surface area contributed by atoms with E-state index in [0.717, 1.165) is 0 Å². The monoisotopic (exact) mass is 232 g/mol. The molecule has 0 saturated carbocycles. The molecule has 0 spiro atoms. The number of methoxy groups -OCH3 is 1. The van der Waals surface area contributed by atoms with Crippen LogP contribution < -0.4 is 11.1 Å². The van der Waals surface area contributed by atoms with Crippen molar-refractivity contribution in [1.82, 2.24) is 5.32 Å². The van der Waals surface area contributed by atoms with Gasteiger partial charge in [0.25, 0.3) is 0 Å². The second-order valence-electron chi connectivity index (χ2n) is 3.59. The highest BCUT2D eigenvalue weighted by Gasteiger charge is 2.34. The van der Waals surface area contributed by atoms with Crippen molar-refractivity contribution in [2.45, 2.75) is 0 Å². The van der Waals surface area contributed by atoms with E-state index in [9.17, 15) is 9.59 Å². The number of ether oxygens (including phenoxy) is 1. The molecule has 1 aromatic rings. The Bertz CT molecular complexity index is 547. The van der Waals surface area contributed by atoms with Crippen LogP contribution in [0, 0.1) is 0 Å². The van der Waals surface area contributed by atoms with Crippen molar-refractivity contribution in [3.8, 4) is 0 Å². The van der Waals surface area contributed by atoms with E-state index in [2.05, 4.69) is 5.32 Å². The Morgan fingerprint density at radius 1 is 1.24 bits per heavy atom. The Balaban J connectivity index is 2.73. The van der Waals surface area contributed by atoms with Gasteiger partial charge in [-0.25, -0.2) is 0 Å². The molecule has 0 atom stereocenters. The highest BCUT2D eigenvalue weighted by Crippen LogP contribution is 2.28. The lowest BCUT2D eigenvalue weighted by atomic mass is 9.90. The fourth-order valence-electron chi connectivity index (χ4n) is 1.90. The van der Waals surface area contributed by atoms with E-state index >= 15 is 0 Å². The van der Waals surface area contributed by atoms with Crippen molar-refractivity contribution in [2.24, 2.45) is 0 Å². The number of anilines is 1. The van der Waals surface area contributed by atoms with Crippen molar-refractivity contribution >= 4 is 17.3 Å². The molecule has 1 aliphatic carbocycles. The molecule has 17 heavy (non-hydrogen) atoms. The van der Waals surface area contributed by atoms with Crippen molar-refractivity contribution in [3.63, 3.8) is 0 Å². The molecule has 2 rings (SSSR count). The average molecular weight is 232 g/mol. The first-order valence-electron chi connectivity index (χ1n) is 5.05. The van der Waals surface area contributed by atoms with E-state index in [1.807, 2.05) is 0 Å². The van der Waals surface area contributed by atoms with E-state index in [0.29, 0.717) is 5.69 Å². The molecule has 0 aliphatic heterocycles. The van der Waals surface area contributed by atoms with Gasteiger partial charge in [-0.3, -0.25) is 9.59 Å². The minimum Gasteiger partial charge on any atom is -0.491 e. The number of nitrogens with one attached hydrogen (secondary N) is 1. The predicted molar refractivity (Wildman–Crippen MR) is 62.6 cm³/mol. The first kappa shape index (κ1) is 11.2. The predicted octanol–water partition coefficient (Wildman–Crippen LogP) is 0.725. The average Bonchev–Trinajstić information content (AvgIpc) is 2.33. The van der Waals surface area contributed by atoms with Crippen LogP contribution in [-0.4, -0.2) is 25.7 Å². The van der Waals surface area contributed by atoms with Gasteiger partial charge in [0.05, 0.1) is 12.7 Å². The van der Waals surface area contributed by atoms with Gasteiger partial charge in [-0.2, -0.15) is 0 Å². The van der Waals surface area contributed by atoms with Gasteiger partial charge in [-0.05, 0) is 6.07 Å². The van der Waals surface area contributed by atoms with Gasteiger partial charge >= 0.3 is 0 Å². The van der Waals surface area contributed by atoms with Gasteiger partial charge in [0.2, 0.25) is 11.6 Å². The summed E-state index contributed by atoms with van der Waals surface area (Å²) in [7, 11) is 2.92. The molecule has 0 saturated heterocycles. The molecular weight excluding hydrogens is 220 g/mol. The third-order valence-corrected chi connectivity index (χ3v) is 2.68. The molecule has 0 bridgehead atoms. The molecule has 1 aromatic carbocycles. The molecule has 5 nitrogen and oxygen atoms in total. The number of carbonyl (C=O) groups excluding carboxylic acids is 2. The summed E-state index contributed by atoms with van der Waals surface area (Å²) in [6.45, 7) is 0. The zero-order chi connectivity index (χ0) is 12.6. The lowest BCUT2D eigenvalue weighted by Gasteiger charge is -2.20. The topological polar surface area (TPSA) is 81.4 Å². The fraction of sp³-hybridized carbons (Fsp3) is 0.167. The third-order valence-electron chi connectivity index (χ3n) is 2.68. The standard InChI is InChI=1S/C12H12N2O3/c1-14-9-11(16)8-6(4-3-5-7(8)13)10(15)12(9)17-2/h3-5,14H,13H2,1-2H3. The van der Waals surface area contributed by atoms with Gasteiger partial charge < -0.3 is 15.8 Å². The summed E-state index contributed by atoms with van der Waals surface area (Å²) in [5.74, 6) is -0.633. The Hall–Kier alpha value is -2.30. The molecular formula is C12H12N2O3. The smallest absolute Gasteiger partial charge is 0.230 e. The molecule has 0 fully saturated rings. The molecule has 0 radical (unpaired) electrons. The number of hydrogen-bond donors (Lipinski definition) is 2. The quantitative estimate of drug-likeness (QED) is 0.734. The first-order chi connectivity index (χ1) is 8.11. The SMILES string of the molecule is CNC1=C(OC)C(=O)c2cccc(N)c2C1=O. The van der Waals surface area contributed by atoms with Crippen molar-refractivity contribution in [2.75, 3.05) is 19.9 Å². The summed E-state index contributed by atoms with van der Waals surface area (Å²) < 4.78 is 4.98. The molecule has 3 N–H and O–H groups in total. The van der Waals surface area contributed by atoms with Gasteiger partial charge in [-0.1, -0.05) is 12.1 Å². The van der Waals surface area contributed by atoms with Crippen LogP contribution >= 0.6 is 0 Å². The lowest BCUT2D eigenvalue weighted by molar-refractivity contribution is 0.0901. The lowest BCUT2D eigenvalue weighted by Crippen LogP contribution is -2.30. The zero-order valence-electron chi connectivity index (χ0n) is 9.53. The van der Waals surface area contributed by atoms with Crippen LogP contribution in [0.4, 0.5) is 5.69 Å².